The van der Waals surface area contributed by atoms with Gasteiger partial charge in [-0.05, 0) is 30.2 Å². The number of thioether (sulfide) groups is 1. The van der Waals surface area contributed by atoms with E-state index in [0.717, 1.165) is 27.6 Å². The lowest BCUT2D eigenvalue weighted by molar-refractivity contribution is -0.245. The van der Waals surface area contributed by atoms with Crippen LogP contribution in [0.25, 0.3) is 0 Å². The largest absolute Gasteiger partial charge is 0.392 e. The Bertz CT molecular complexity index is 1070. The van der Waals surface area contributed by atoms with Crippen LogP contribution >= 0.6 is 11.8 Å². The molecule has 0 spiro atoms. The molecule has 180 valence electrons. The molecule has 9 heteroatoms. The normalized spacial score (nSPS) is 20.1. The van der Waals surface area contributed by atoms with Crippen LogP contribution in [-0.2, 0) is 23.1 Å². The molecule has 1 aromatic heterocycles. The summed E-state index contributed by atoms with van der Waals surface area (Å²) >= 11 is 1.66. The van der Waals surface area contributed by atoms with Gasteiger partial charge in [-0.15, -0.1) is 0 Å². The second kappa shape index (κ2) is 11.5. The molecule has 8 nitrogen and oxygen atoms in total. The highest BCUT2D eigenvalue weighted by molar-refractivity contribution is 7.99. The maximum absolute atomic E-state index is 11.8. The molecular formula is C25H30N4O4S. The zero-order chi connectivity index (χ0) is 23.9. The summed E-state index contributed by atoms with van der Waals surface area (Å²) in [5, 5.41) is 15.8. The van der Waals surface area contributed by atoms with Crippen LogP contribution in [0.1, 0.15) is 42.4 Å². The van der Waals surface area contributed by atoms with Crippen LogP contribution in [0.15, 0.2) is 66.1 Å². The summed E-state index contributed by atoms with van der Waals surface area (Å²) in [6.07, 6.45) is 3.70. The number of carbonyl (C=O) groups excluding carboxylic acids is 1. The van der Waals surface area contributed by atoms with Gasteiger partial charge in [0.1, 0.15) is 0 Å². The van der Waals surface area contributed by atoms with Gasteiger partial charge in [0, 0.05) is 49.4 Å². The van der Waals surface area contributed by atoms with E-state index in [0.29, 0.717) is 18.7 Å². The average molecular weight is 483 g/mol. The highest BCUT2D eigenvalue weighted by Crippen LogP contribution is 2.39. The van der Waals surface area contributed by atoms with Gasteiger partial charge in [0.2, 0.25) is 0 Å². The van der Waals surface area contributed by atoms with Crippen LogP contribution < -0.4 is 10.6 Å². The number of aromatic nitrogens is 2. The number of rotatable bonds is 8. The molecule has 0 aliphatic carbocycles. The number of aliphatic hydroxyl groups excluding tert-OH is 1. The minimum atomic E-state index is -0.540. The molecular weight excluding hydrogens is 452 g/mol. The number of anilines is 1. The summed E-state index contributed by atoms with van der Waals surface area (Å²) < 4.78 is 14.7. The first kappa shape index (κ1) is 24.3. The first-order valence-corrected chi connectivity index (χ1v) is 12.3. The highest BCUT2D eigenvalue weighted by Gasteiger charge is 2.32. The van der Waals surface area contributed by atoms with E-state index in [4.69, 9.17) is 9.47 Å². The van der Waals surface area contributed by atoms with Crippen LogP contribution in [-0.4, -0.2) is 39.1 Å². The second-order valence-electron chi connectivity index (χ2n) is 8.09. The van der Waals surface area contributed by atoms with E-state index in [1.807, 2.05) is 73.3 Å². The fourth-order valence-corrected chi connectivity index (χ4v) is 4.69. The summed E-state index contributed by atoms with van der Waals surface area (Å²) in [6.45, 7) is 2.44. The fourth-order valence-electron chi connectivity index (χ4n) is 3.74. The van der Waals surface area contributed by atoms with E-state index >= 15 is 0 Å². The number of hydrogen-bond acceptors (Lipinski definition) is 6. The highest BCUT2D eigenvalue weighted by atomic mass is 32.2. The maximum Gasteiger partial charge on any atom is 0.319 e. The predicted octanol–water partition coefficient (Wildman–Crippen LogP) is 4.39. The molecule has 3 aromatic rings. The topological polar surface area (TPSA) is 97.6 Å². The number of benzene rings is 2. The van der Waals surface area contributed by atoms with Crippen molar-refractivity contribution in [3.63, 3.8) is 0 Å². The molecule has 1 aliphatic heterocycles. The fraction of sp³-hybridized carbons (Fsp3) is 0.360. The smallest absolute Gasteiger partial charge is 0.319 e. The van der Waals surface area contributed by atoms with Crippen molar-refractivity contribution in [2.45, 2.75) is 43.6 Å². The molecule has 0 saturated carbocycles. The molecule has 2 aromatic carbocycles. The quantitative estimate of drug-likeness (QED) is 0.412. The third-order valence-corrected chi connectivity index (χ3v) is 6.76. The van der Waals surface area contributed by atoms with Crippen LogP contribution in [0.5, 0.6) is 0 Å². The lowest BCUT2D eigenvalue weighted by Gasteiger charge is -2.36. The van der Waals surface area contributed by atoms with Gasteiger partial charge in [-0.1, -0.05) is 48.2 Å². The van der Waals surface area contributed by atoms with Gasteiger partial charge in [-0.2, -0.15) is 0 Å². The Morgan fingerprint density at radius 3 is 2.53 bits per heavy atom. The molecule has 0 radical (unpaired) electrons. The first-order valence-electron chi connectivity index (χ1n) is 11.3. The van der Waals surface area contributed by atoms with Crippen molar-refractivity contribution in [3.8, 4) is 0 Å². The third-order valence-electron chi connectivity index (χ3n) is 5.57. The first-order chi connectivity index (χ1) is 16.6. The lowest BCUT2D eigenvalue weighted by atomic mass is 10.0. The van der Waals surface area contributed by atoms with Crippen LogP contribution in [0.2, 0.25) is 0 Å². The van der Waals surface area contributed by atoms with E-state index in [2.05, 4.69) is 15.6 Å². The summed E-state index contributed by atoms with van der Waals surface area (Å²) in [5.74, 6) is 0.743. The third kappa shape index (κ3) is 6.18. The molecule has 0 unspecified atom stereocenters. The van der Waals surface area contributed by atoms with E-state index in [1.54, 1.807) is 18.0 Å². The summed E-state index contributed by atoms with van der Waals surface area (Å²) in [5.41, 5.74) is 3.49. The molecule has 1 saturated heterocycles. The van der Waals surface area contributed by atoms with Crippen molar-refractivity contribution < 1.29 is 19.4 Å². The number of nitrogens with one attached hydrogen (secondary N) is 2. The number of aryl methyl sites for hydroxylation is 1. The van der Waals surface area contributed by atoms with Crippen molar-refractivity contribution >= 4 is 23.5 Å². The Morgan fingerprint density at radius 1 is 1.15 bits per heavy atom. The average Bonchev–Trinajstić information content (AvgIpc) is 3.28. The Morgan fingerprint density at radius 2 is 1.88 bits per heavy atom. The standard InChI is InChI=1S/C25H30N4O4S/c1-3-26-24(31)28-20-10-8-19(9-11-20)23-32-21(16-34-25-27-12-13-29(25)2)14-22(33-23)18-6-4-17(15-30)5-7-18/h4-13,21-23,30H,3,14-16H2,1-2H3,(H2,26,28,31)/t21-,22+,23+/m1/s1. The van der Waals surface area contributed by atoms with Crippen molar-refractivity contribution in [1.82, 2.24) is 14.9 Å². The molecule has 0 bridgehead atoms. The number of urea groups is 1. The Hall–Kier alpha value is -2.85. The maximum atomic E-state index is 11.8. The van der Waals surface area contributed by atoms with E-state index in [-0.39, 0.29) is 24.8 Å². The van der Waals surface area contributed by atoms with Crippen molar-refractivity contribution in [1.29, 1.82) is 0 Å². The number of imidazole rings is 1. The summed E-state index contributed by atoms with van der Waals surface area (Å²) in [6, 6.07) is 15.1. The van der Waals surface area contributed by atoms with Gasteiger partial charge in [0.15, 0.2) is 11.4 Å². The zero-order valence-corrected chi connectivity index (χ0v) is 20.1. The zero-order valence-electron chi connectivity index (χ0n) is 19.3. The monoisotopic (exact) mass is 482 g/mol. The molecule has 2 amide bonds. The van der Waals surface area contributed by atoms with E-state index < -0.39 is 6.29 Å². The van der Waals surface area contributed by atoms with Crippen molar-refractivity contribution in [2.75, 3.05) is 17.6 Å². The summed E-state index contributed by atoms with van der Waals surface area (Å²) in [4.78, 5) is 16.2. The number of amides is 2. The number of nitrogens with zero attached hydrogens (tertiary/aromatic N) is 2. The molecule has 34 heavy (non-hydrogen) atoms. The van der Waals surface area contributed by atoms with Gasteiger partial charge in [0.25, 0.3) is 0 Å². The van der Waals surface area contributed by atoms with Crippen LogP contribution in [0, 0.1) is 0 Å². The molecule has 3 N–H and O–H groups in total. The molecule has 1 fully saturated rings. The van der Waals surface area contributed by atoms with Gasteiger partial charge in [-0.3, -0.25) is 0 Å². The summed E-state index contributed by atoms with van der Waals surface area (Å²) in [7, 11) is 1.98. The SMILES string of the molecule is CCNC(=O)Nc1ccc([C@H]2O[C@@H](CSc3nccn3C)C[C@@H](c3ccc(CO)cc3)O2)cc1. The lowest BCUT2D eigenvalue weighted by Crippen LogP contribution is -2.31. The molecule has 2 heterocycles. The van der Waals surface area contributed by atoms with Gasteiger partial charge in [0.05, 0.1) is 18.8 Å². The Labute approximate surface area is 203 Å². The number of aliphatic hydroxyl groups is 1. The minimum Gasteiger partial charge on any atom is -0.392 e. The van der Waals surface area contributed by atoms with Crippen molar-refractivity contribution in [3.05, 3.63) is 77.6 Å². The number of carbonyl (C=O) groups is 1. The van der Waals surface area contributed by atoms with Crippen molar-refractivity contribution in [2.24, 2.45) is 7.05 Å². The second-order valence-corrected chi connectivity index (χ2v) is 9.08. The molecule has 3 atom stereocenters. The Kier molecular flexibility index (Phi) is 8.23. The van der Waals surface area contributed by atoms with Crippen LogP contribution in [0.4, 0.5) is 10.5 Å². The van der Waals surface area contributed by atoms with Crippen LogP contribution in [0.3, 0.4) is 0 Å². The minimum absolute atomic E-state index is 0.0110. The van der Waals surface area contributed by atoms with E-state index in [1.165, 1.54) is 0 Å². The Balaban J connectivity index is 1.50. The predicted molar refractivity (Wildman–Crippen MR) is 131 cm³/mol. The molecule has 4 rings (SSSR count). The van der Waals surface area contributed by atoms with Gasteiger partial charge in [-0.25, -0.2) is 9.78 Å². The number of hydrogen-bond donors (Lipinski definition) is 3. The van der Waals surface area contributed by atoms with Gasteiger partial charge < -0.3 is 29.8 Å². The number of ether oxygens (including phenoxy) is 2. The molecule has 1 aliphatic rings. The van der Waals surface area contributed by atoms with Gasteiger partial charge >= 0.3 is 6.03 Å². The van der Waals surface area contributed by atoms with E-state index in [9.17, 15) is 9.90 Å².